The largest absolute Gasteiger partial charge is 0.365 e. The molecule has 3 aromatic heterocycles. The Balaban J connectivity index is 1.81. The van der Waals surface area contributed by atoms with Crippen LogP contribution in [0.25, 0.3) is 16.9 Å². The molecular weight excluding hydrogens is 416 g/mol. The summed E-state index contributed by atoms with van der Waals surface area (Å²) in [6.07, 6.45) is 4.95. The zero-order chi connectivity index (χ0) is 22.0. The van der Waals surface area contributed by atoms with E-state index in [1.165, 1.54) is 0 Å². The third-order valence-electron chi connectivity index (χ3n) is 5.70. The molecular formula is C21H23ClN8O. The number of fused-ring (bicyclic) bond motifs is 1. The first kappa shape index (κ1) is 21.0. The molecule has 0 bridgehead atoms. The van der Waals surface area contributed by atoms with Gasteiger partial charge in [-0.25, -0.2) is 15.0 Å². The number of imidazole rings is 1. The van der Waals surface area contributed by atoms with Gasteiger partial charge < -0.3 is 16.0 Å². The summed E-state index contributed by atoms with van der Waals surface area (Å²) in [4.78, 5) is 25.6. The van der Waals surface area contributed by atoms with E-state index in [0.717, 1.165) is 31.5 Å². The normalized spacial score (nSPS) is 15.4. The standard InChI is InChI=1S/C21H23ClN8O/c1-13-17(20(31)24-2)29-19-18(27-12-21(11-23)4-7-25-8-5-21)28-15(10-30(13)19)14-3-6-26-16(22)9-14/h3,6,9-10,25H,4-5,7-8,12H2,1-2H3,(H,24,31)(H,27,28). The van der Waals surface area contributed by atoms with Gasteiger partial charge in [0.15, 0.2) is 11.5 Å². The van der Waals surface area contributed by atoms with Crippen LogP contribution < -0.4 is 16.0 Å². The fourth-order valence-corrected chi connectivity index (χ4v) is 3.97. The second-order valence-electron chi connectivity index (χ2n) is 7.66. The van der Waals surface area contributed by atoms with Crippen molar-refractivity contribution in [2.75, 3.05) is 32.0 Å². The van der Waals surface area contributed by atoms with Crippen LogP contribution in [0.3, 0.4) is 0 Å². The maximum Gasteiger partial charge on any atom is 0.271 e. The van der Waals surface area contributed by atoms with Crippen molar-refractivity contribution >= 4 is 29.0 Å². The molecule has 0 aliphatic carbocycles. The van der Waals surface area contributed by atoms with Gasteiger partial charge in [-0.05, 0) is 45.0 Å². The number of pyridine rings is 1. The van der Waals surface area contributed by atoms with Crippen LogP contribution >= 0.6 is 11.6 Å². The summed E-state index contributed by atoms with van der Waals surface area (Å²) in [5, 5.41) is 19.4. The van der Waals surface area contributed by atoms with Crippen LogP contribution in [0.2, 0.25) is 5.15 Å². The van der Waals surface area contributed by atoms with Gasteiger partial charge in [0.25, 0.3) is 5.91 Å². The molecule has 9 nitrogen and oxygen atoms in total. The molecule has 0 atom stereocenters. The summed E-state index contributed by atoms with van der Waals surface area (Å²) in [7, 11) is 1.57. The highest BCUT2D eigenvalue weighted by Gasteiger charge is 2.32. The second-order valence-corrected chi connectivity index (χ2v) is 8.04. The predicted octanol–water partition coefficient (Wildman–Crippen LogP) is 2.42. The third kappa shape index (κ3) is 4.04. The number of hydrogen-bond acceptors (Lipinski definition) is 7. The van der Waals surface area contributed by atoms with Crippen LogP contribution in [0, 0.1) is 23.7 Å². The smallest absolute Gasteiger partial charge is 0.271 e. The van der Waals surface area contributed by atoms with E-state index in [9.17, 15) is 10.1 Å². The summed E-state index contributed by atoms with van der Waals surface area (Å²) >= 11 is 6.08. The summed E-state index contributed by atoms with van der Waals surface area (Å²) in [5.41, 5.74) is 2.51. The van der Waals surface area contributed by atoms with Gasteiger partial charge in [-0.3, -0.25) is 9.20 Å². The van der Waals surface area contributed by atoms with Gasteiger partial charge in [0.1, 0.15) is 10.8 Å². The van der Waals surface area contributed by atoms with Crippen molar-refractivity contribution in [1.29, 1.82) is 5.26 Å². The number of aryl methyl sites for hydroxylation is 1. The first-order chi connectivity index (χ1) is 15.0. The quantitative estimate of drug-likeness (QED) is 0.523. The molecule has 0 radical (unpaired) electrons. The van der Waals surface area contributed by atoms with E-state index >= 15 is 0 Å². The number of amides is 1. The fourth-order valence-electron chi connectivity index (χ4n) is 3.80. The zero-order valence-electron chi connectivity index (χ0n) is 17.4. The maximum atomic E-state index is 12.3. The van der Waals surface area contributed by atoms with Gasteiger partial charge in [-0.15, -0.1) is 0 Å². The number of carbonyl (C=O) groups excluding carboxylic acids is 1. The van der Waals surface area contributed by atoms with Gasteiger partial charge >= 0.3 is 0 Å². The van der Waals surface area contributed by atoms with Gasteiger partial charge in [0, 0.05) is 31.5 Å². The van der Waals surface area contributed by atoms with E-state index in [0.29, 0.717) is 40.2 Å². The lowest BCUT2D eigenvalue weighted by atomic mass is 9.80. The highest BCUT2D eigenvalue weighted by atomic mass is 35.5. The molecule has 3 aromatic rings. The minimum Gasteiger partial charge on any atom is -0.365 e. The second kappa shape index (κ2) is 8.49. The number of nitriles is 1. The molecule has 4 rings (SSSR count). The third-order valence-corrected chi connectivity index (χ3v) is 5.91. The van der Waals surface area contributed by atoms with Crippen molar-refractivity contribution in [1.82, 2.24) is 30.0 Å². The Labute approximate surface area is 184 Å². The Hall–Kier alpha value is -3.22. The molecule has 1 fully saturated rings. The number of piperidine rings is 1. The molecule has 0 saturated carbocycles. The highest BCUT2D eigenvalue weighted by molar-refractivity contribution is 6.29. The number of hydrogen-bond donors (Lipinski definition) is 3. The Morgan fingerprint density at radius 2 is 2.16 bits per heavy atom. The van der Waals surface area contributed by atoms with Crippen LogP contribution in [-0.4, -0.2) is 51.9 Å². The van der Waals surface area contributed by atoms with E-state index < -0.39 is 5.41 Å². The fraction of sp³-hybridized carbons (Fsp3) is 0.381. The maximum absolute atomic E-state index is 12.3. The van der Waals surface area contributed by atoms with E-state index in [-0.39, 0.29) is 5.91 Å². The van der Waals surface area contributed by atoms with Gasteiger partial charge in [0.05, 0.1) is 22.9 Å². The Kier molecular flexibility index (Phi) is 5.76. The number of nitrogens with one attached hydrogen (secondary N) is 3. The average Bonchev–Trinajstić information content (AvgIpc) is 3.14. The van der Waals surface area contributed by atoms with Gasteiger partial charge in [-0.2, -0.15) is 5.26 Å². The molecule has 0 unspecified atom stereocenters. The number of aromatic nitrogens is 4. The first-order valence-corrected chi connectivity index (χ1v) is 10.4. The Morgan fingerprint density at radius 3 is 2.84 bits per heavy atom. The molecule has 10 heteroatoms. The minimum absolute atomic E-state index is 0.271. The Morgan fingerprint density at radius 1 is 1.39 bits per heavy atom. The van der Waals surface area contributed by atoms with Crippen LogP contribution in [0.5, 0.6) is 0 Å². The van der Waals surface area contributed by atoms with E-state index in [4.69, 9.17) is 16.6 Å². The van der Waals surface area contributed by atoms with Gasteiger partial charge in [0.2, 0.25) is 0 Å². The SMILES string of the molecule is CNC(=O)c1nc2c(NCC3(C#N)CCNCC3)nc(-c3ccnc(Cl)c3)cn2c1C. The van der Waals surface area contributed by atoms with Crippen LogP contribution in [0.15, 0.2) is 24.5 Å². The van der Waals surface area contributed by atoms with E-state index in [2.05, 4.69) is 32.0 Å². The van der Waals surface area contributed by atoms with Crippen LogP contribution in [0.4, 0.5) is 5.82 Å². The molecule has 4 heterocycles. The average molecular weight is 439 g/mol. The number of nitrogens with zero attached hydrogens (tertiary/aromatic N) is 5. The molecule has 160 valence electrons. The first-order valence-electron chi connectivity index (χ1n) is 10.1. The molecule has 31 heavy (non-hydrogen) atoms. The van der Waals surface area contributed by atoms with Crippen molar-refractivity contribution < 1.29 is 4.79 Å². The van der Waals surface area contributed by atoms with Crippen LogP contribution in [0.1, 0.15) is 29.0 Å². The zero-order valence-corrected chi connectivity index (χ0v) is 18.1. The summed E-state index contributed by atoms with van der Waals surface area (Å²) in [6, 6.07) is 6.04. The molecule has 0 aromatic carbocycles. The predicted molar refractivity (Wildman–Crippen MR) is 118 cm³/mol. The minimum atomic E-state index is -0.481. The molecule has 1 aliphatic rings. The number of carbonyl (C=O) groups is 1. The lowest BCUT2D eigenvalue weighted by molar-refractivity contribution is 0.0958. The topological polar surface area (TPSA) is 120 Å². The van der Waals surface area contributed by atoms with E-state index in [1.54, 1.807) is 19.3 Å². The van der Waals surface area contributed by atoms with Crippen LogP contribution in [-0.2, 0) is 0 Å². The van der Waals surface area contributed by atoms with Crippen molar-refractivity contribution in [2.24, 2.45) is 5.41 Å². The van der Waals surface area contributed by atoms with Crippen molar-refractivity contribution in [3.8, 4) is 17.3 Å². The Bertz CT molecular complexity index is 1180. The summed E-state index contributed by atoms with van der Waals surface area (Å²) in [6.45, 7) is 3.88. The lowest BCUT2D eigenvalue weighted by Gasteiger charge is -2.31. The van der Waals surface area contributed by atoms with Crippen molar-refractivity contribution in [2.45, 2.75) is 19.8 Å². The molecule has 1 aliphatic heterocycles. The van der Waals surface area contributed by atoms with Crippen molar-refractivity contribution in [3.63, 3.8) is 0 Å². The summed E-state index contributed by atoms with van der Waals surface area (Å²) in [5.74, 6) is 0.240. The molecule has 0 spiro atoms. The molecule has 3 N–H and O–H groups in total. The summed E-state index contributed by atoms with van der Waals surface area (Å²) < 4.78 is 1.84. The molecule has 1 amide bonds. The van der Waals surface area contributed by atoms with E-state index in [1.807, 2.05) is 23.6 Å². The lowest BCUT2D eigenvalue weighted by Crippen LogP contribution is -2.40. The monoisotopic (exact) mass is 438 g/mol. The highest BCUT2D eigenvalue weighted by Crippen LogP contribution is 2.30. The molecule has 1 saturated heterocycles. The number of anilines is 1. The number of halogens is 1. The van der Waals surface area contributed by atoms with Crippen molar-refractivity contribution in [3.05, 3.63) is 41.1 Å². The van der Waals surface area contributed by atoms with Gasteiger partial charge in [-0.1, -0.05) is 11.6 Å². The number of rotatable bonds is 5.